The zero-order valence-corrected chi connectivity index (χ0v) is 13.2. The van der Waals surface area contributed by atoms with Crippen LogP contribution in [0.15, 0.2) is 0 Å². The molecule has 0 radical (unpaired) electrons. The number of hydrogen-bond donors (Lipinski definition) is 1. The van der Waals surface area contributed by atoms with Crippen molar-refractivity contribution in [3.8, 4) is 0 Å². The Morgan fingerprint density at radius 3 is 2.75 bits per heavy atom. The third-order valence-corrected chi connectivity index (χ3v) is 4.42. The van der Waals surface area contributed by atoms with Crippen molar-refractivity contribution in [2.75, 3.05) is 13.1 Å². The molecule has 0 unspecified atom stereocenters. The molecule has 1 amide bonds. The molecule has 112 valence electrons. The summed E-state index contributed by atoms with van der Waals surface area (Å²) in [6.45, 7) is 8.55. The topological polar surface area (TPSA) is 62.7 Å². The van der Waals surface area contributed by atoms with Crippen LogP contribution in [-0.2, 0) is 16.0 Å². The molecule has 1 fully saturated rings. The third kappa shape index (κ3) is 3.56. The number of carbonyl (C=O) groups excluding carboxylic acids is 1. The van der Waals surface area contributed by atoms with Gasteiger partial charge in [0.25, 0.3) is 0 Å². The normalized spacial score (nSPS) is 22.8. The highest BCUT2D eigenvalue weighted by molar-refractivity contribution is 7.11. The maximum Gasteiger partial charge on any atom is 0.228 e. The van der Waals surface area contributed by atoms with Gasteiger partial charge in [0, 0.05) is 18.0 Å². The number of aliphatic hydroxyl groups excluding tert-OH is 1. The Balaban J connectivity index is 1.95. The summed E-state index contributed by atoms with van der Waals surface area (Å²) in [5, 5.41) is 10.9. The lowest BCUT2D eigenvalue weighted by molar-refractivity contribution is -0.130. The summed E-state index contributed by atoms with van der Waals surface area (Å²) < 4.78 is 5.63. The maximum atomic E-state index is 12.3. The molecule has 1 saturated heterocycles. The number of ether oxygens (including phenoxy) is 1. The largest absolute Gasteiger partial charge is 0.388 e. The summed E-state index contributed by atoms with van der Waals surface area (Å²) in [6.07, 6.45) is -0.455. The Hall–Kier alpha value is -0.980. The van der Waals surface area contributed by atoms with E-state index in [0.29, 0.717) is 19.5 Å². The first kappa shape index (κ1) is 15.4. The van der Waals surface area contributed by atoms with Crippen LogP contribution in [0.4, 0.5) is 0 Å². The van der Waals surface area contributed by atoms with E-state index in [1.54, 1.807) is 16.2 Å². The minimum absolute atomic E-state index is 0.0330. The van der Waals surface area contributed by atoms with E-state index in [4.69, 9.17) is 4.74 Å². The van der Waals surface area contributed by atoms with Crippen molar-refractivity contribution in [2.24, 2.45) is 0 Å². The zero-order chi connectivity index (χ0) is 14.9. The number of amides is 1. The Kier molecular flexibility index (Phi) is 4.78. The Morgan fingerprint density at radius 2 is 2.20 bits per heavy atom. The molecule has 6 heteroatoms. The highest BCUT2D eigenvalue weighted by Crippen LogP contribution is 2.21. The summed E-state index contributed by atoms with van der Waals surface area (Å²) >= 11 is 1.56. The standard InChI is InChI=1S/C14H22N2O3S/c1-8(2)19-12-7-16(6-11(12)17)14(18)5-13-9(3)15-10(4)20-13/h8,11-12,17H,5-7H2,1-4H3/t11-,12-/m0/s1. The molecule has 2 heterocycles. The molecule has 20 heavy (non-hydrogen) atoms. The maximum absolute atomic E-state index is 12.3. The number of rotatable bonds is 4. The number of aromatic nitrogens is 1. The van der Waals surface area contributed by atoms with Gasteiger partial charge in [0.15, 0.2) is 0 Å². The highest BCUT2D eigenvalue weighted by Gasteiger charge is 2.35. The molecule has 1 N–H and O–H groups in total. The van der Waals surface area contributed by atoms with Gasteiger partial charge in [-0.2, -0.15) is 0 Å². The van der Waals surface area contributed by atoms with Crippen LogP contribution in [0.3, 0.4) is 0 Å². The van der Waals surface area contributed by atoms with Crippen molar-refractivity contribution in [1.82, 2.24) is 9.88 Å². The quantitative estimate of drug-likeness (QED) is 0.910. The van der Waals surface area contributed by atoms with Crippen molar-refractivity contribution in [2.45, 2.75) is 52.4 Å². The van der Waals surface area contributed by atoms with Crippen LogP contribution in [0.5, 0.6) is 0 Å². The summed E-state index contributed by atoms with van der Waals surface area (Å²) in [4.78, 5) is 19.3. The first-order valence-electron chi connectivity index (χ1n) is 6.91. The fourth-order valence-corrected chi connectivity index (χ4v) is 3.36. The van der Waals surface area contributed by atoms with Gasteiger partial charge in [-0.1, -0.05) is 0 Å². The first-order valence-corrected chi connectivity index (χ1v) is 7.72. The second kappa shape index (κ2) is 6.20. The van der Waals surface area contributed by atoms with Crippen molar-refractivity contribution in [3.63, 3.8) is 0 Å². The lowest BCUT2D eigenvalue weighted by atomic mass is 10.2. The summed E-state index contributed by atoms with van der Waals surface area (Å²) in [6, 6.07) is 0. The highest BCUT2D eigenvalue weighted by atomic mass is 32.1. The molecule has 2 rings (SSSR count). The average molecular weight is 298 g/mol. The van der Waals surface area contributed by atoms with E-state index in [0.717, 1.165) is 15.6 Å². The lowest BCUT2D eigenvalue weighted by Gasteiger charge is -2.18. The molecule has 1 aliphatic rings. The Bertz CT molecular complexity index is 487. The van der Waals surface area contributed by atoms with Crippen LogP contribution >= 0.6 is 11.3 Å². The number of aliphatic hydroxyl groups is 1. The molecule has 0 spiro atoms. The number of aryl methyl sites for hydroxylation is 2. The van der Waals surface area contributed by atoms with Crippen molar-refractivity contribution in [3.05, 3.63) is 15.6 Å². The van der Waals surface area contributed by atoms with Gasteiger partial charge in [-0.05, 0) is 27.7 Å². The minimum Gasteiger partial charge on any atom is -0.388 e. The predicted octanol–water partition coefficient (Wildman–Crippen LogP) is 1.30. The second-order valence-corrected chi connectivity index (χ2v) is 6.80. The van der Waals surface area contributed by atoms with Crippen LogP contribution in [0.1, 0.15) is 29.4 Å². The molecule has 5 nitrogen and oxygen atoms in total. The van der Waals surface area contributed by atoms with Crippen molar-refractivity contribution >= 4 is 17.2 Å². The molecule has 1 aromatic rings. The number of thiazole rings is 1. The molecule has 1 aliphatic heterocycles. The summed E-state index contributed by atoms with van der Waals surface area (Å²) in [5.41, 5.74) is 0.926. The molecule has 0 bridgehead atoms. The first-order chi connectivity index (χ1) is 9.36. The number of likely N-dealkylation sites (tertiary alicyclic amines) is 1. The van der Waals surface area contributed by atoms with Gasteiger partial charge >= 0.3 is 0 Å². The van der Waals surface area contributed by atoms with Gasteiger partial charge in [-0.25, -0.2) is 4.98 Å². The van der Waals surface area contributed by atoms with Gasteiger partial charge in [0.2, 0.25) is 5.91 Å². The second-order valence-electron chi connectivity index (χ2n) is 5.51. The van der Waals surface area contributed by atoms with Gasteiger partial charge in [-0.15, -0.1) is 11.3 Å². The number of carbonyl (C=O) groups is 1. The Morgan fingerprint density at radius 1 is 1.50 bits per heavy atom. The van der Waals surface area contributed by atoms with E-state index in [-0.39, 0.29) is 18.1 Å². The molecular formula is C14H22N2O3S. The van der Waals surface area contributed by atoms with E-state index < -0.39 is 6.10 Å². The fraction of sp³-hybridized carbons (Fsp3) is 0.714. The van der Waals surface area contributed by atoms with Gasteiger partial charge in [0.05, 0.1) is 29.3 Å². The van der Waals surface area contributed by atoms with E-state index in [1.807, 2.05) is 27.7 Å². The molecule has 0 aromatic carbocycles. The van der Waals surface area contributed by atoms with Gasteiger partial charge in [0.1, 0.15) is 6.10 Å². The van der Waals surface area contributed by atoms with E-state index >= 15 is 0 Å². The monoisotopic (exact) mass is 298 g/mol. The minimum atomic E-state index is -0.592. The molecule has 0 aliphatic carbocycles. The molecule has 0 saturated carbocycles. The van der Waals surface area contributed by atoms with Crippen LogP contribution in [0, 0.1) is 13.8 Å². The van der Waals surface area contributed by atoms with Gasteiger partial charge < -0.3 is 14.7 Å². The van der Waals surface area contributed by atoms with E-state index in [1.165, 1.54) is 0 Å². The van der Waals surface area contributed by atoms with Crippen LogP contribution in [-0.4, -0.2) is 52.3 Å². The number of nitrogens with zero attached hydrogens (tertiary/aromatic N) is 2. The van der Waals surface area contributed by atoms with Crippen LogP contribution in [0.25, 0.3) is 0 Å². The Labute approximate surface area is 123 Å². The molecule has 2 atom stereocenters. The fourth-order valence-electron chi connectivity index (χ4n) is 2.43. The molecule has 1 aromatic heterocycles. The van der Waals surface area contributed by atoms with Crippen LogP contribution in [0.2, 0.25) is 0 Å². The number of hydrogen-bond acceptors (Lipinski definition) is 5. The SMILES string of the molecule is Cc1nc(C)c(CC(=O)N2C[C@H](OC(C)C)[C@@H](O)C2)s1. The third-order valence-electron chi connectivity index (χ3n) is 3.35. The smallest absolute Gasteiger partial charge is 0.228 e. The van der Waals surface area contributed by atoms with Crippen molar-refractivity contribution < 1.29 is 14.6 Å². The molecular weight excluding hydrogens is 276 g/mol. The summed E-state index contributed by atoms with van der Waals surface area (Å²) in [5.74, 6) is 0.0330. The van der Waals surface area contributed by atoms with Gasteiger partial charge in [-0.3, -0.25) is 4.79 Å². The number of β-amino-alcohol motifs (C(OH)–C–C–N with tert-alkyl or cyclic N) is 1. The lowest BCUT2D eigenvalue weighted by Crippen LogP contribution is -2.32. The van der Waals surface area contributed by atoms with Crippen molar-refractivity contribution in [1.29, 1.82) is 0 Å². The van der Waals surface area contributed by atoms with Crippen LogP contribution < -0.4 is 0 Å². The van der Waals surface area contributed by atoms with E-state index in [2.05, 4.69) is 4.98 Å². The van der Waals surface area contributed by atoms with E-state index in [9.17, 15) is 9.90 Å². The predicted molar refractivity (Wildman–Crippen MR) is 77.9 cm³/mol. The summed E-state index contributed by atoms with van der Waals surface area (Å²) in [7, 11) is 0. The average Bonchev–Trinajstić information content (AvgIpc) is 2.83. The zero-order valence-electron chi connectivity index (χ0n) is 12.4.